The summed E-state index contributed by atoms with van der Waals surface area (Å²) < 4.78 is 28.1. The van der Waals surface area contributed by atoms with Crippen LogP contribution in [0.15, 0.2) is 63.9 Å². The van der Waals surface area contributed by atoms with E-state index in [9.17, 15) is 13.5 Å². The van der Waals surface area contributed by atoms with Crippen molar-refractivity contribution >= 4 is 32.7 Å². The maximum absolute atomic E-state index is 13.2. The van der Waals surface area contributed by atoms with Gasteiger partial charge < -0.3 is 5.11 Å². The fourth-order valence-corrected chi connectivity index (χ4v) is 6.39. The van der Waals surface area contributed by atoms with E-state index in [2.05, 4.69) is 29.4 Å². The van der Waals surface area contributed by atoms with Gasteiger partial charge in [-0.2, -0.15) is 9.41 Å². The maximum Gasteiger partial charge on any atom is 0.243 e. The first-order valence-electron chi connectivity index (χ1n) is 10.5. The van der Waals surface area contributed by atoms with Crippen molar-refractivity contribution in [2.45, 2.75) is 25.2 Å². The second-order valence-electron chi connectivity index (χ2n) is 8.30. The van der Waals surface area contributed by atoms with Crippen LogP contribution in [0.4, 0.5) is 5.13 Å². The lowest BCUT2D eigenvalue weighted by Crippen LogP contribution is -2.42. The number of thiazole rings is 1. The Labute approximate surface area is 192 Å². The first kappa shape index (κ1) is 22.4. The molecule has 32 heavy (non-hydrogen) atoms. The molecule has 2 atom stereocenters. The summed E-state index contributed by atoms with van der Waals surface area (Å²) in [6, 6.07) is 13.7. The highest BCUT2D eigenvalue weighted by atomic mass is 32.2. The Balaban J connectivity index is 1.50. The molecule has 7 nitrogen and oxygen atoms in total. The quantitative estimate of drug-likeness (QED) is 0.405. The van der Waals surface area contributed by atoms with E-state index in [1.807, 2.05) is 17.5 Å². The fourth-order valence-electron chi connectivity index (χ4n) is 3.99. The number of phenols is 1. The topological polar surface area (TPSA) is 94.9 Å². The third-order valence-corrected chi connectivity index (χ3v) is 7.93. The fraction of sp³-hybridized carbons (Fsp3) is 0.304. The Morgan fingerprint density at radius 3 is 2.66 bits per heavy atom. The van der Waals surface area contributed by atoms with Gasteiger partial charge in [0.2, 0.25) is 15.2 Å². The molecule has 0 amide bonds. The standard InChI is InChI=1S/C23H26N4O3S2/c1-16-9-17(2)14-27(13-16)32(29,30)21-8-4-6-19(11-21)22-15-31-23(25-22)26-24-12-18-5-3-7-20(28)10-18/h3-8,10-12,15-17,28H,9,13-14H2,1-2H3,(H,25,26)/b24-12+. The monoisotopic (exact) mass is 470 g/mol. The lowest BCUT2D eigenvalue weighted by atomic mass is 9.94. The van der Waals surface area contributed by atoms with Crippen LogP contribution in [0.3, 0.4) is 0 Å². The number of benzene rings is 2. The Morgan fingerprint density at radius 2 is 1.91 bits per heavy atom. The van der Waals surface area contributed by atoms with Crippen LogP contribution in [0.5, 0.6) is 5.75 Å². The van der Waals surface area contributed by atoms with Crippen molar-refractivity contribution in [2.24, 2.45) is 16.9 Å². The van der Waals surface area contributed by atoms with Crippen LogP contribution in [0.1, 0.15) is 25.8 Å². The molecule has 9 heteroatoms. The molecular weight excluding hydrogens is 444 g/mol. The van der Waals surface area contributed by atoms with Gasteiger partial charge in [-0.25, -0.2) is 13.4 Å². The number of phenolic OH excluding ortho intramolecular Hbond substituents is 1. The number of hydrogen-bond acceptors (Lipinski definition) is 7. The summed E-state index contributed by atoms with van der Waals surface area (Å²) in [5.41, 5.74) is 5.06. The molecule has 0 aliphatic carbocycles. The van der Waals surface area contributed by atoms with Crippen LogP contribution in [0, 0.1) is 11.8 Å². The highest BCUT2D eigenvalue weighted by Gasteiger charge is 2.31. The van der Waals surface area contributed by atoms with Crippen molar-refractivity contribution in [1.29, 1.82) is 0 Å². The molecule has 2 aromatic carbocycles. The summed E-state index contributed by atoms with van der Waals surface area (Å²) in [4.78, 5) is 4.82. The minimum atomic E-state index is -3.55. The largest absolute Gasteiger partial charge is 0.508 e. The summed E-state index contributed by atoms with van der Waals surface area (Å²) in [5.74, 6) is 0.877. The number of nitrogens with one attached hydrogen (secondary N) is 1. The van der Waals surface area contributed by atoms with Crippen LogP contribution in [-0.2, 0) is 10.0 Å². The van der Waals surface area contributed by atoms with Crippen LogP contribution < -0.4 is 5.43 Å². The van der Waals surface area contributed by atoms with Gasteiger partial charge in [-0.15, -0.1) is 11.3 Å². The Morgan fingerprint density at radius 1 is 1.16 bits per heavy atom. The van der Waals surface area contributed by atoms with Gasteiger partial charge in [0.15, 0.2) is 0 Å². The number of hydrazone groups is 1. The van der Waals surface area contributed by atoms with Crippen molar-refractivity contribution in [2.75, 3.05) is 18.5 Å². The van der Waals surface area contributed by atoms with Crippen LogP contribution in [0.2, 0.25) is 0 Å². The number of piperidine rings is 1. The van der Waals surface area contributed by atoms with E-state index in [1.54, 1.807) is 46.9 Å². The summed E-state index contributed by atoms with van der Waals surface area (Å²) in [6.07, 6.45) is 2.64. The van der Waals surface area contributed by atoms with Gasteiger partial charge in [0.05, 0.1) is 16.8 Å². The van der Waals surface area contributed by atoms with E-state index in [-0.39, 0.29) is 5.75 Å². The van der Waals surface area contributed by atoms with Crippen LogP contribution in [0.25, 0.3) is 11.3 Å². The number of hydrogen-bond donors (Lipinski definition) is 2. The average molecular weight is 471 g/mol. The van der Waals surface area contributed by atoms with Gasteiger partial charge in [-0.1, -0.05) is 38.1 Å². The highest BCUT2D eigenvalue weighted by Crippen LogP contribution is 2.30. The van der Waals surface area contributed by atoms with Gasteiger partial charge in [-0.3, -0.25) is 5.43 Å². The predicted octanol–water partition coefficient (Wildman–Crippen LogP) is 4.63. The minimum Gasteiger partial charge on any atom is -0.508 e. The SMILES string of the molecule is CC1CC(C)CN(S(=O)(=O)c2cccc(-c3csc(N/N=C/c4cccc(O)c4)n3)c2)C1. The van der Waals surface area contributed by atoms with E-state index >= 15 is 0 Å². The van der Waals surface area contributed by atoms with Crippen molar-refractivity contribution in [3.8, 4) is 17.0 Å². The van der Waals surface area contributed by atoms with E-state index in [4.69, 9.17) is 0 Å². The third kappa shape index (κ3) is 5.17. The molecule has 1 aromatic heterocycles. The number of aromatic hydroxyl groups is 1. The third-order valence-electron chi connectivity index (χ3n) is 5.35. The van der Waals surface area contributed by atoms with Gasteiger partial charge in [-0.05, 0) is 48.1 Å². The first-order valence-corrected chi connectivity index (χ1v) is 12.8. The maximum atomic E-state index is 13.2. The number of aromatic nitrogens is 1. The zero-order valence-corrected chi connectivity index (χ0v) is 19.6. The number of nitrogens with zero attached hydrogens (tertiary/aromatic N) is 3. The van der Waals surface area contributed by atoms with Crippen LogP contribution in [-0.4, -0.2) is 42.1 Å². The molecule has 168 valence electrons. The molecule has 0 saturated carbocycles. The van der Waals surface area contributed by atoms with Crippen LogP contribution >= 0.6 is 11.3 Å². The van der Waals surface area contributed by atoms with E-state index < -0.39 is 10.0 Å². The van der Waals surface area contributed by atoms with Crippen molar-refractivity contribution in [3.63, 3.8) is 0 Å². The molecular formula is C23H26N4O3S2. The first-order chi connectivity index (χ1) is 15.3. The molecule has 0 bridgehead atoms. The molecule has 0 spiro atoms. The number of sulfonamides is 1. The zero-order valence-electron chi connectivity index (χ0n) is 18.0. The molecule has 1 aliphatic heterocycles. The normalized spacial score (nSPS) is 19.9. The summed E-state index contributed by atoms with van der Waals surface area (Å²) in [5, 5.41) is 16.1. The number of rotatable bonds is 6. The highest BCUT2D eigenvalue weighted by molar-refractivity contribution is 7.89. The number of anilines is 1. The van der Waals surface area contributed by atoms with Gasteiger partial charge in [0.1, 0.15) is 5.75 Å². The van der Waals surface area contributed by atoms with Crippen molar-refractivity contribution < 1.29 is 13.5 Å². The molecule has 1 aliphatic rings. The summed E-state index contributed by atoms with van der Waals surface area (Å²) in [6.45, 7) is 5.31. The lowest BCUT2D eigenvalue weighted by Gasteiger charge is -2.34. The molecule has 1 fully saturated rings. The molecule has 4 rings (SSSR count). The predicted molar refractivity (Wildman–Crippen MR) is 129 cm³/mol. The summed E-state index contributed by atoms with van der Waals surface area (Å²) >= 11 is 1.38. The van der Waals surface area contributed by atoms with Gasteiger partial charge in [0, 0.05) is 24.0 Å². The molecule has 1 saturated heterocycles. The average Bonchev–Trinajstić information content (AvgIpc) is 3.22. The van der Waals surface area contributed by atoms with Gasteiger partial charge >= 0.3 is 0 Å². The van der Waals surface area contributed by atoms with E-state index in [1.165, 1.54) is 11.3 Å². The van der Waals surface area contributed by atoms with E-state index in [0.29, 0.717) is 40.6 Å². The second kappa shape index (κ2) is 9.40. The molecule has 2 heterocycles. The summed E-state index contributed by atoms with van der Waals surface area (Å²) in [7, 11) is -3.55. The Bertz CT molecular complexity index is 1210. The second-order valence-corrected chi connectivity index (χ2v) is 11.1. The van der Waals surface area contributed by atoms with Crippen molar-refractivity contribution in [1.82, 2.24) is 9.29 Å². The Kier molecular flexibility index (Phi) is 6.59. The Hall–Kier alpha value is -2.75. The van der Waals surface area contributed by atoms with Crippen molar-refractivity contribution in [3.05, 3.63) is 59.5 Å². The zero-order chi connectivity index (χ0) is 22.7. The molecule has 2 N–H and O–H groups in total. The smallest absolute Gasteiger partial charge is 0.243 e. The molecule has 3 aromatic rings. The van der Waals surface area contributed by atoms with E-state index in [0.717, 1.165) is 17.5 Å². The minimum absolute atomic E-state index is 0.175. The molecule has 2 unspecified atom stereocenters. The van der Waals surface area contributed by atoms with Gasteiger partial charge in [0.25, 0.3) is 0 Å². The molecule has 0 radical (unpaired) electrons. The lowest BCUT2D eigenvalue weighted by molar-refractivity contribution is 0.222.